The lowest BCUT2D eigenvalue weighted by atomic mass is 9.87. The van der Waals surface area contributed by atoms with Gasteiger partial charge in [-0.3, -0.25) is 9.59 Å². The second kappa shape index (κ2) is 9.17. The molecule has 0 aliphatic rings. The van der Waals surface area contributed by atoms with Crippen molar-refractivity contribution in [2.75, 3.05) is 11.9 Å². The van der Waals surface area contributed by atoms with E-state index in [2.05, 4.69) is 31.4 Å². The van der Waals surface area contributed by atoms with Crippen molar-refractivity contribution in [2.24, 2.45) is 0 Å². The molecule has 0 bridgehead atoms. The van der Waals surface area contributed by atoms with Crippen LogP contribution in [0.1, 0.15) is 43.6 Å². The van der Waals surface area contributed by atoms with Crippen molar-refractivity contribution in [3.63, 3.8) is 0 Å². The molecular weight excluding hydrogens is 356 g/mol. The van der Waals surface area contributed by atoms with Crippen LogP contribution in [0.3, 0.4) is 0 Å². The summed E-state index contributed by atoms with van der Waals surface area (Å²) < 4.78 is 4.99. The number of ether oxygens (including phenoxy) is 1. The molecule has 1 atom stereocenters. The number of hydrogen-bond donors (Lipinski definition) is 2. The third-order valence-corrected chi connectivity index (χ3v) is 4.12. The fraction of sp³-hybridized carbons (Fsp3) is 0.318. The maximum atomic E-state index is 12.0. The molecule has 0 aromatic heterocycles. The van der Waals surface area contributed by atoms with E-state index in [1.807, 2.05) is 24.3 Å². The molecule has 2 N–H and O–H groups in total. The highest BCUT2D eigenvalue weighted by molar-refractivity contribution is 5.97. The average molecular weight is 382 g/mol. The molecule has 0 aliphatic heterocycles. The number of amides is 2. The minimum absolute atomic E-state index is 0.0262. The number of rotatable bonds is 6. The minimum atomic E-state index is -0.869. The van der Waals surface area contributed by atoms with Crippen molar-refractivity contribution in [3.8, 4) is 0 Å². The zero-order valence-electron chi connectivity index (χ0n) is 16.6. The van der Waals surface area contributed by atoms with Crippen LogP contribution in [-0.4, -0.2) is 30.4 Å². The fourth-order valence-electron chi connectivity index (χ4n) is 2.44. The monoisotopic (exact) mass is 382 g/mol. The highest BCUT2D eigenvalue weighted by atomic mass is 16.5. The maximum absolute atomic E-state index is 12.0. The number of carbonyl (C=O) groups is 3. The van der Waals surface area contributed by atoms with Gasteiger partial charge in [-0.1, -0.05) is 51.1 Å². The quantitative estimate of drug-likeness (QED) is 0.751. The highest BCUT2D eigenvalue weighted by Crippen LogP contribution is 2.23. The molecule has 6 heteroatoms. The van der Waals surface area contributed by atoms with Gasteiger partial charge in [0.1, 0.15) is 6.04 Å². The summed E-state index contributed by atoms with van der Waals surface area (Å²) in [4.78, 5) is 36.0. The van der Waals surface area contributed by atoms with Gasteiger partial charge in [0.2, 0.25) is 0 Å². The number of carbonyl (C=O) groups excluding carboxylic acids is 3. The van der Waals surface area contributed by atoms with Gasteiger partial charge in [-0.2, -0.15) is 0 Å². The van der Waals surface area contributed by atoms with E-state index in [4.69, 9.17) is 4.74 Å². The van der Waals surface area contributed by atoms with Crippen LogP contribution in [0.15, 0.2) is 54.6 Å². The van der Waals surface area contributed by atoms with Gasteiger partial charge in [-0.25, -0.2) is 4.79 Å². The van der Waals surface area contributed by atoms with Crippen LogP contribution < -0.4 is 10.6 Å². The first-order valence-corrected chi connectivity index (χ1v) is 9.10. The van der Waals surface area contributed by atoms with Gasteiger partial charge in [0, 0.05) is 11.3 Å². The van der Waals surface area contributed by atoms with Gasteiger partial charge in [-0.15, -0.1) is 0 Å². The molecule has 0 unspecified atom stereocenters. The smallest absolute Gasteiger partial charge is 0.328 e. The molecule has 148 valence electrons. The fourth-order valence-corrected chi connectivity index (χ4v) is 2.44. The Hall–Kier alpha value is -3.15. The molecule has 2 rings (SSSR count). The second-order valence-corrected chi connectivity index (χ2v) is 7.54. The molecule has 0 aliphatic carbocycles. The van der Waals surface area contributed by atoms with E-state index in [9.17, 15) is 14.4 Å². The Balaban J connectivity index is 1.80. The van der Waals surface area contributed by atoms with E-state index >= 15 is 0 Å². The van der Waals surface area contributed by atoms with Crippen molar-refractivity contribution in [1.82, 2.24) is 5.32 Å². The van der Waals surface area contributed by atoms with E-state index in [0.29, 0.717) is 11.3 Å². The van der Waals surface area contributed by atoms with E-state index < -0.39 is 24.5 Å². The third-order valence-electron chi connectivity index (χ3n) is 4.12. The molecule has 0 spiro atoms. The molecule has 6 nitrogen and oxygen atoms in total. The Morgan fingerprint density at radius 1 is 0.964 bits per heavy atom. The first-order chi connectivity index (χ1) is 13.2. The summed E-state index contributed by atoms with van der Waals surface area (Å²) in [5.74, 6) is -1.51. The number of hydrogen-bond acceptors (Lipinski definition) is 4. The highest BCUT2D eigenvalue weighted by Gasteiger charge is 2.19. The summed E-state index contributed by atoms with van der Waals surface area (Å²) in [6.07, 6.45) is 0. The zero-order chi connectivity index (χ0) is 20.7. The Morgan fingerprint density at radius 2 is 1.57 bits per heavy atom. The van der Waals surface area contributed by atoms with Crippen LogP contribution in [0.2, 0.25) is 0 Å². The van der Waals surface area contributed by atoms with Crippen molar-refractivity contribution >= 4 is 23.5 Å². The summed E-state index contributed by atoms with van der Waals surface area (Å²) in [5.41, 5.74) is 2.25. The Kier molecular flexibility index (Phi) is 6.93. The van der Waals surface area contributed by atoms with Gasteiger partial charge in [0.15, 0.2) is 6.61 Å². The molecule has 0 saturated heterocycles. The predicted molar refractivity (Wildman–Crippen MR) is 108 cm³/mol. The number of esters is 1. The number of benzene rings is 2. The van der Waals surface area contributed by atoms with Crippen molar-refractivity contribution in [3.05, 3.63) is 65.7 Å². The van der Waals surface area contributed by atoms with E-state index in [0.717, 1.165) is 5.56 Å². The topological polar surface area (TPSA) is 84.5 Å². The molecule has 0 heterocycles. The van der Waals surface area contributed by atoms with Crippen molar-refractivity contribution in [1.29, 1.82) is 0 Å². The second-order valence-electron chi connectivity index (χ2n) is 7.54. The zero-order valence-corrected chi connectivity index (χ0v) is 16.6. The van der Waals surface area contributed by atoms with Gasteiger partial charge < -0.3 is 15.4 Å². The van der Waals surface area contributed by atoms with Gasteiger partial charge >= 0.3 is 5.97 Å². The van der Waals surface area contributed by atoms with Crippen molar-refractivity contribution < 1.29 is 19.1 Å². The molecule has 0 radical (unpaired) electrons. The molecule has 2 aromatic rings. The Labute approximate surface area is 165 Å². The number of nitrogens with one attached hydrogen (secondary N) is 2. The van der Waals surface area contributed by atoms with Crippen LogP contribution >= 0.6 is 0 Å². The summed E-state index contributed by atoms with van der Waals surface area (Å²) in [7, 11) is 0. The summed E-state index contributed by atoms with van der Waals surface area (Å²) >= 11 is 0. The Morgan fingerprint density at radius 3 is 2.14 bits per heavy atom. The maximum Gasteiger partial charge on any atom is 0.328 e. The molecule has 28 heavy (non-hydrogen) atoms. The van der Waals surface area contributed by atoms with E-state index in [1.165, 1.54) is 6.92 Å². The molecule has 0 saturated carbocycles. The van der Waals surface area contributed by atoms with Crippen molar-refractivity contribution in [2.45, 2.75) is 39.2 Å². The van der Waals surface area contributed by atoms with Gasteiger partial charge in [0.25, 0.3) is 11.8 Å². The normalized spacial score (nSPS) is 12.0. The Bertz CT molecular complexity index is 824. The van der Waals surface area contributed by atoms with Crippen LogP contribution in [-0.2, 0) is 19.7 Å². The molecule has 2 aromatic carbocycles. The molecule has 0 fully saturated rings. The van der Waals surface area contributed by atoms with Crippen LogP contribution in [0.25, 0.3) is 0 Å². The summed E-state index contributed by atoms with van der Waals surface area (Å²) in [6, 6.07) is 15.2. The molecule has 2 amide bonds. The van der Waals surface area contributed by atoms with E-state index in [-0.39, 0.29) is 11.3 Å². The number of anilines is 1. The van der Waals surface area contributed by atoms with Crippen LogP contribution in [0.4, 0.5) is 5.69 Å². The average Bonchev–Trinajstić information content (AvgIpc) is 2.66. The lowest BCUT2D eigenvalue weighted by Crippen LogP contribution is -2.40. The van der Waals surface area contributed by atoms with Crippen LogP contribution in [0.5, 0.6) is 0 Å². The summed E-state index contributed by atoms with van der Waals surface area (Å²) in [5, 5.41) is 5.22. The third kappa shape index (κ3) is 6.23. The van der Waals surface area contributed by atoms with Gasteiger partial charge in [0.05, 0.1) is 0 Å². The lowest BCUT2D eigenvalue weighted by Gasteiger charge is -2.19. The minimum Gasteiger partial charge on any atom is -0.454 e. The first-order valence-electron chi connectivity index (χ1n) is 9.10. The lowest BCUT2D eigenvalue weighted by molar-refractivity contribution is -0.148. The standard InChI is InChI=1S/C22H26N2O4/c1-15(23-20(26)16-8-6-5-7-9-16)21(27)28-14-19(25)24-18-12-10-17(11-13-18)22(2,3)4/h5-13,15H,14H2,1-4H3,(H,23,26)(H,24,25)/t15-/m0/s1. The summed E-state index contributed by atoms with van der Waals surface area (Å²) in [6.45, 7) is 7.41. The van der Waals surface area contributed by atoms with Gasteiger partial charge in [-0.05, 0) is 42.2 Å². The largest absolute Gasteiger partial charge is 0.454 e. The predicted octanol–water partition coefficient (Wildman–Crippen LogP) is 3.28. The van der Waals surface area contributed by atoms with E-state index in [1.54, 1.807) is 30.3 Å². The SMILES string of the molecule is C[C@H](NC(=O)c1ccccc1)C(=O)OCC(=O)Nc1ccc(C(C)(C)C)cc1. The first kappa shape index (κ1) is 21.2. The van der Waals surface area contributed by atoms with Crippen LogP contribution in [0, 0.1) is 0 Å². The molecular formula is C22H26N2O4.